The minimum absolute atomic E-state index is 0.215. The zero-order valence-electron chi connectivity index (χ0n) is 15.7. The van der Waals surface area contributed by atoms with Crippen LogP contribution in [0.4, 0.5) is 4.39 Å². The van der Waals surface area contributed by atoms with Gasteiger partial charge in [-0.05, 0) is 57.4 Å². The molecule has 0 saturated heterocycles. The highest BCUT2D eigenvalue weighted by molar-refractivity contribution is 5.80. The summed E-state index contributed by atoms with van der Waals surface area (Å²) in [6.07, 6.45) is 0.881. The summed E-state index contributed by atoms with van der Waals surface area (Å²) in [4.78, 5) is 4.60. The third-order valence-corrected chi connectivity index (χ3v) is 4.23. The molecule has 0 aliphatic rings. The molecule has 1 aromatic heterocycles. The van der Waals surface area contributed by atoms with Gasteiger partial charge < -0.3 is 10.6 Å². The number of nitrogens with one attached hydrogen (secondary N) is 2. The van der Waals surface area contributed by atoms with Crippen molar-refractivity contribution in [2.45, 2.75) is 46.7 Å². The molecule has 0 bridgehead atoms. The second-order valence-electron chi connectivity index (χ2n) is 6.34. The fourth-order valence-electron chi connectivity index (χ4n) is 2.78. The van der Waals surface area contributed by atoms with Crippen molar-refractivity contribution >= 4 is 5.96 Å². The summed E-state index contributed by atoms with van der Waals surface area (Å²) in [6, 6.07) is 6.65. The fourth-order valence-corrected chi connectivity index (χ4v) is 2.78. The van der Waals surface area contributed by atoms with Crippen LogP contribution in [0.2, 0.25) is 0 Å². The van der Waals surface area contributed by atoms with E-state index in [4.69, 9.17) is 0 Å². The summed E-state index contributed by atoms with van der Waals surface area (Å²) in [7, 11) is 1.97. The van der Waals surface area contributed by atoms with E-state index in [0.29, 0.717) is 6.54 Å². The Hall–Kier alpha value is -2.37. The van der Waals surface area contributed by atoms with E-state index in [2.05, 4.69) is 34.6 Å². The maximum atomic E-state index is 13.0. The van der Waals surface area contributed by atoms with E-state index in [-0.39, 0.29) is 11.9 Å². The molecule has 6 heteroatoms. The summed E-state index contributed by atoms with van der Waals surface area (Å²) in [5, 5.41) is 11.2. The zero-order valence-corrected chi connectivity index (χ0v) is 15.7. The maximum absolute atomic E-state index is 13.0. The van der Waals surface area contributed by atoms with Gasteiger partial charge in [0.15, 0.2) is 5.96 Å². The molecular formula is C19H28FN5. The molecule has 25 heavy (non-hydrogen) atoms. The smallest absolute Gasteiger partial charge is 0.191 e. The van der Waals surface area contributed by atoms with Gasteiger partial charge in [0.2, 0.25) is 0 Å². The van der Waals surface area contributed by atoms with Gasteiger partial charge in [0.1, 0.15) is 5.82 Å². The lowest BCUT2D eigenvalue weighted by molar-refractivity contribution is 0.626. The van der Waals surface area contributed by atoms with E-state index in [0.717, 1.165) is 30.2 Å². The molecule has 0 spiro atoms. The molecule has 5 nitrogen and oxygen atoms in total. The van der Waals surface area contributed by atoms with E-state index in [1.807, 2.05) is 25.6 Å². The monoisotopic (exact) mass is 345 g/mol. The highest BCUT2D eigenvalue weighted by atomic mass is 19.1. The van der Waals surface area contributed by atoms with Crippen molar-refractivity contribution in [3.8, 4) is 0 Å². The van der Waals surface area contributed by atoms with E-state index in [1.54, 1.807) is 12.1 Å². The molecule has 1 unspecified atom stereocenters. The third kappa shape index (κ3) is 5.31. The molecule has 1 aromatic carbocycles. The number of hydrogen-bond acceptors (Lipinski definition) is 2. The molecule has 0 aliphatic heterocycles. The molecule has 0 saturated carbocycles. The third-order valence-electron chi connectivity index (χ3n) is 4.23. The number of aliphatic imine (C=N–C) groups is 1. The van der Waals surface area contributed by atoms with Crippen molar-refractivity contribution in [3.05, 3.63) is 52.6 Å². The topological polar surface area (TPSA) is 54.2 Å². The Bertz CT molecular complexity index is 718. The van der Waals surface area contributed by atoms with Gasteiger partial charge in [-0.2, -0.15) is 5.10 Å². The SMILES string of the molecule is CCNC(=NCc1ccc(F)cc1)NC(C)Cc1c(C)nn(C)c1C. The van der Waals surface area contributed by atoms with E-state index < -0.39 is 0 Å². The van der Waals surface area contributed by atoms with Crippen molar-refractivity contribution in [2.75, 3.05) is 6.54 Å². The van der Waals surface area contributed by atoms with E-state index in [1.165, 1.54) is 23.4 Å². The molecule has 2 rings (SSSR count). The minimum Gasteiger partial charge on any atom is -0.357 e. The van der Waals surface area contributed by atoms with Gasteiger partial charge in [0, 0.05) is 25.3 Å². The van der Waals surface area contributed by atoms with Crippen LogP contribution in [0.5, 0.6) is 0 Å². The maximum Gasteiger partial charge on any atom is 0.191 e. The first-order valence-electron chi connectivity index (χ1n) is 8.69. The number of halogens is 1. The average Bonchev–Trinajstić information content (AvgIpc) is 2.80. The number of aryl methyl sites for hydroxylation is 2. The van der Waals surface area contributed by atoms with Crippen LogP contribution in [0.25, 0.3) is 0 Å². The minimum atomic E-state index is -0.228. The van der Waals surface area contributed by atoms with Crippen LogP contribution in [-0.2, 0) is 20.0 Å². The van der Waals surface area contributed by atoms with Crippen molar-refractivity contribution in [1.29, 1.82) is 0 Å². The summed E-state index contributed by atoms with van der Waals surface area (Å²) < 4.78 is 14.9. The highest BCUT2D eigenvalue weighted by Crippen LogP contribution is 2.14. The van der Waals surface area contributed by atoms with Gasteiger partial charge in [-0.15, -0.1) is 0 Å². The summed E-state index contributed by atoms with van der Waals surface area (Å²) in [5.74, 6) is 0.534. The average molecular weight is 345 g/mol. The van der Waals surface area contributed by atoms with Crippen molar-refractivity contribution in [2.24, 2.45) is 12.0 Å². The predicted molar refractivity (Wildman–Crippen MR) is 100 cm³/mol. The largest absolute Gasteiger partial charge is 0.357 e. The van der Waals surface area contributed by atoms with Crippen LogP contribution in [0.1, 0.15) is 36.4 Å². The highest BCUT2D eigenvalue weighted by Gasteiger charge is 2.14. The zero-order chi connectivity index (χ0) is 18.4. The van der Waals surface area contributed by atoms with Crippen LogP contribution < -0.4 is 10.6 Å². The fraction of sp³-hybridized carbons (Fsp3) is 0.474. The van der Waals surface area contributed by atoms with Crippen molar-refractivity contribution < 1.29 is 4.39 Å². The lowest BCUT2D eigenvalue weighted by Crippen LogP contribution is -2.43. The molecule has 2 aromatic rings. The quantitative estimate of drug-likeness (QED) is 0.625. The summed E-state index contributed by atoms with van der Waals surface area (Å²) in [6.45, 7) is 9.60. The van der Waals surface area contributed by atoms with Gasteiger partial charge in [0.05, 0.1) is 12.2 Å². The van der Waals surface area contributed by atoms with Crippen LogP contribution in [0.3, 0.4) is 0 Å². The van der Waals surface area contributed by atoms with Crippen LogP contribution in [0.15, 0.2) is 29.3 Å². The van der Waals surface area contributed by atoms with Crippen LogP contribution >= 0.6 is 0 Å². The second kappa shape index (κ2) is 8.65. The Morgan fingerprint density at radius 3 is 2.52 bits per heavy atom. The van der Waals surface area contributed by atoms with Crippen LogP contribution in [-0.4, -0.2) is 28.3 Å². The van der Waals surface area contributed by atoms with E-state index in [9.17, 15) is 4.39 Å². The Labute approximate surface area is 149 Å². The summed E-state index contributed by atoms with van der Waals surface area (Å²) in [5.41, 5.74) is 4.52. The Morgan fingerprint density at radius 2 is 1.96 bits per heavy atom. The van der Waals surface area contributed by atoms with Gasteiger partial charge >= 0.3 is 0 Å². The Morgan fingerprint density at radius 1 is 1.28 bits per heavy atom. The number of benzene rings is 1. The van der Waals surface area contributed by atoms with E-state index >= 15 is 0 Å². The first-order chi connectivity index (χ1) is 11.9. The molecular weight excluding hydrogens is 317 g/mol. The number of nitrogens with zero attached hydrogens (tertiary/aromatic N) is 3. The van der Waals surface area contributed by atoms with Crippen LogP contribution in [0, 0.1) is 19.7 Å². The standard InChI is InChI=1S/C19H28FN5/c1-6-21-19(22-12-16-7-9-17(20)10-8-16)23-13(2)11-18-14(3)24-25(5)15(18)4/h7-10,13H,6,11-12H2,1-5H3,(H2,21,22,23). The lowest BCUT2D eigenvalue weighted by Gasteiger charge is -2.18. The molecule has 0 aliphatic carbocycles. The van der Waals surface area contributed by atoms with Crippen molar-refractivity contribution in [1.82, 2.24) is 20.4 Å². The number of hydrogen-bond donors (Lipinski definition) is 2. The second-order valence-corrected chi connectivity index (χ2v) is 6.34. The Kier molecular flexibility index (Phi) is 6.56. The molecule has 0 radical (unpaired) electrons. The van der Waals surface area contributed by atoms with Gasteiger partial charge in [-0.1, -0.05) is 12.1 Å². The van der Waals surface area contributed by atoms with Crippen molar-refractivity contribution in [3.63, 3.8) is 0 Å². The predicted octanol–water partition coefficient (Wildman–Crippen LogP) is 2.86. The number of guanidine groups is 1. The molecule has 1 atom stereocenters. The number of aromatic nitrogens is 2. The van der Waals surface area contributed by atoms with Gasteiger partial charge in [-0.3, -0.25) is 4.68 Å². The molecule has 0 fully saturated rings. The summed E-state index contributed by atoms with van der Waals surface area (Å²) >= 11 is 0. The lowest BCUT2D eigenvalue weighted by atomic mass is 10.1. The molecule has 1 heterocycles. The Balaban J connectivity index is 2.01. The number of rotatable bonds is 6. The van der Waals surface area contributed by atoms with Gasteiger partial charge in [0.25, 0.3) is 0 Å². The van der Waals surface area contributed by atoms with Gasteiger partial charge in [-0.25, -0.2) is 9.38 Å². The molecule has 0 amide bonds. The first-order valence-corrected chi connectivity index (χ1v) is 8.69. The molecule has 2 N–H and O–H groups in total. The first kappa shape index (κ1) is 19.0. The molecule has 136 valence electrons. The normalized spacial score (nSPS) is 13.0.